The molecule has 0 aliphatic rings. The SMILES string of the molecule is COC(=O)c1c(F)c(N)cc(C)c1OC. The molecule has 0 amide bonds. The summed E-state index contributed by atoms with van der Waals surface area (Å²) < 4.78 is 23.0. The van der Waals surface area contributed by atoms with Gasteiger partial charge in [0.05, 0.1) is 19.9 Å². The summed E-state index contributed by atoms with van der Waals surface area (Å²) in [4.78, 5) is 11.3. The van der Waals surface area contributed by atoms with Crippen LogP contribution in [0.1, 0.15) is 15.9 Å². The number of hydrogen-bond acceptors (Lipinski definition) is 4. The van der Waals surface area contributed by atoms with Crippen molar-refractivity contribution >= 4 is 11.7 Å². The van der Waals surface area contributed by atoms with Gasteiger partial charge < -0.3 is 15.2 Å². The van der Waals surface area contributed by atoms with E-state index in [1.165, 1.54) is 20.3 Å². The predicted molar refractivity (Wildman–Crippen MR) is 53.4 cm³/mol. The lowest BCUT2D eigenvalue weighted by atomic mass is 10.1. The molecule has 4 nitrogen and oxygen atoms in total. The summed E-state index contributed by atoms with van der Waals surface area (Å²) in [5, 5.41) is 0. The third kappa shape index (κ3) is 1.86. The molecule has 0 spiro atoms. The molecule has 0 fully saturated rings. The molecule has 15 heavy (non-hydrogen) atoms. The van der Waals surface area contributed by atoms with Crippen molar-refractivity contribution in [1.82, 2.24) is 0 Å². The van der Waals surface area contributed by atoms with Crippen molar-refractivity contribution < 1.29 is 18.7 Å². The van der Waals surface area contributed by atoms with E-state index in [0.717, 1.165) is 0 Å². The topological polar surface area (TPSA) is 61.5 Å². The summed E-state index contributed by atoms with van der Waals surface area (Å²) >= 11 is 0. The van der Waals surface area contributed by atoms with Crippen molar-refractivity contribution in [2.24, 2.45) is 0 Å². The highest BCUT2D eigenvalue weighted by molar-refractivity contribution is 5.94. The average molecular weight is 213 g/mol. The third-order valence-corrected chi connectivity index (χ3v) is 2.02. The maximum absolute atomic E-state index is 13.6. The summed E-state index contributed by atoms with van der Waals surface area (Å²) in [6, 6.07) is 1.40. The summed E-state index contributed by atoms with van der Waals surface area (Å²) in [6.45, 7) is 1.67. The molecule has 0 saturated heterocycles. The number of hydrogen-bond donors (Lipinski definition) is 1. The van der Waals surface area contributed by atoms with Crippen LogP contribution in [-0.4, -0.2) is 20.2 Å². The molecule has 0 unspecified atom stereocenters. The van der Waals surface area contributed by atoms with Crippen LogP contribution in [0.5, 0.6) is 5.75 Å². The van der Waals surface area contributed by atoms with E-state index in [9.17, 15) is 9.18 Å². The van der Waals surface area contributed by atoms with E-state index in [0.29, 0.717) is 5.56 Å². The van der Waals surface area contributed by atoms with Crippen molar-refractivity contribution in [1.29, 1.82) is 0 Å². The molecule has 0 bridgehead atoms. The first-order chi connectivity index (χ1) is 7.02. The highest BCUT2D eigenvalue weighted by atomic mass is 19.1. The van der Waals surface area contributed by atoms with Gasteiger partial charge >= 0.3 is 5.97 Å². The number of aryl methyl sites for hydroxylation is 1. The maximum Gasteiger partial charge on any atom is 0.344 e. The fourth-order valence-corrected chi connectivity index (χ4v) is 1.35. The molecule has 0 saturated carbocycles. The number of rotatable bonds is 2. The minimum absolute atomic E-state index is 0.103. The monoisotopic (exact) mass is 213 g/mol. The van der Waals surface area contributed by atoms with Gasteiger partial charge in [0.1, 0.15) is 11.3 Å². The first kappa shape index (κ1) is 11.3. The zero-order valence-corrected chi connectivity index (χ0v) is 8.76. The Morgan fingerprint density at radius 3 is 2.53 bits per heavy atom. The van der Waals surface area contributed by atoms with Gasteiger partial charge in [0.2, 0.25) is 0 Å². The standard InChI is InChI=1S/C10H12FNO3/c1-5-4-6(12)8(11)7(9(5)14-2)10(13)15-3/h4H,12H2,1-3H3. The molecule has 1 rings (SSSR count). The van der Waals surface area contributed by atoms with Gasteiger partial charge in [-0.2, -0.15) is 0 Å². The Morgan fingerprint density at radius 1 is 1.47 bits per heavy atom. The van der Waals surface area contributed by atoms with Crippen molar-refractivity contribution in [2.45, 2.75) is 6.92 Å². The quantitative estimate of drug-likeness (QED) is 0.597. The Morgan fingerprint density at radius 2 is 2.07 bits per heavy atom. The number of carbonyl (C=O) groups is 1. The molecule has 0 aromatic heterocycles. The van der Waals surface area contributed by atoms with Crippen LogP contribution in [-0.2, 0) is 4.74 Å². The molecule has 0 radical (unpaired) electrons. The highest BCUT2D eigenvalue weighted by Crippen LogP contribution is 2.30. The summed E-state index contributed by atoms with van der Waals surface area (Å²) in [5.41, 5.74) is 5.61. The number of methoxy groups -OCH3 is 2. The minimum Gasteiger partial charge on any atom is -0.495 e. The number of benzene rings is 1. The molecule has 0 heterocycles. The van der Waals surface area contributed by atoms with Gasteiger partial charge in [-0.15, -0.1) is 0 Å². The number of nitrogens with two attached hydrogens (primary N) is 1. The van der Waals surface area contributed by atoms with Crippen LogP contribution < -0.4 is 10.5 Å². The number of ether oxygens (including phenoxy) is 2. The van der Waals surface area contributed by atoms with Crippen LogP contribution in [0.15, 0.2) is 6.07 Å². The van der Waals surface area contributed by atoms with E-state index in [1.807, 2.05) is 0 Å². The lowest BCUT2D eigenvalue weighted by Crippen LogP contribution is -2.10. The molecule has 0 aliphatic carbocycles. The molecule has 0 atom stereocenters. The van der Waals surface area contributed by atoms with Crippen LogP contribution in [0, 0.1) is 12.7 Å². The molecule has 2 N–H and O–H groups in total. The molecule has 82 valence electrons. The second-order valence-corrected chi connectivity index (χ2v) is 3.00. The molecular formula is C10H12FNO3. The fraction of sp³-hybridized carbons (Fsp3) is 0.300. The predicted octanol–water partition coefficient (Wildman–Crippen LogP) is 1.51. The van der Waals surface area contributed by atoms with E-state index in [-0.39, 0.29) is 17.0 Å². The van der Waals surface area contributed by atoms with Gasteiger partial charge in [0, 0.05) is 0 Å². The average Bonchev–Trinajstić information content (AvgIpc) is 2.21. The van der Waals surface area contributed by atoms with Gasteiger partial charge in [-0.05, 0) is 18.6 Å². The van der Waals surface area contributed by atoms with Gasteiger partial charge in [-0.1, -0.05) is 0 Å². The molecule has 1 aromatic rings. The Bertz CT molecular complexity index is 404. The normalized spacial score (nSPS) is 9.87. The smallest absolute Gasteiger partial charge is 0.344 e. The van der Waals surface area contributed by atoms with Crippen molar-refractivity contribution in [3.05, 3.63) is 23.0 Å². The first-order valence-electron chi connectivity index (χ1n) is 4.23. The third-order valence-electron chi connectivity index (χ3n) is 2.02. The van der Waals surface area contributed by atoms with Crippen LogP contribution >= 0.6 is 0 Å². The number of halogens is 1. The van der Waals surface area contributed by atoms with Gasteiger partial charge in [-0.25, -0.2) is 9.18 Å². The van der Waals surface area contributed by atoms with Crippen molar-refractivity contribution in [3.8, 4) is 5.75 Å². The molecular weight excluding hydrogens is 201 g/mol. The van der Waals surface area contributed by atoms with Gasteiger partial charge in [-0.3, -0.25) is 0 Å². The van der Waals surface area contributed by atoms with Gasteiger partial charge in [0.25, 0.3) is 0 Å². The van der Waals surface area contributed by atoms with Gasteiger partial charge in [0.15, 0.2) is 5.82 Å². The number of anilines is 1. The van der Waals surface area contributed by atoms with E-state index in [4.69, 9.17) is 10.5 Å². The Kier molecular flexibility index (Phi) is 3.14. The lowest BCUT2D eigenvalue weighted by molar-refractivity contribution is 0.0591. The Hall–Kier alpha value is -1.78. The van der Waals surface area contributed by atoms with E-state index < -0.39 is 11.8 Å². The van der Waals surface area contributed by atoms with E-state index in [1.54, 1.807) is 6.92 Å². The molecule has 5 heteroatoms. The first-order valence-corrected chi connectivity index (χ1v) is 4.23. The highest BCUT2D eigenvalue weighted by Gasteiger charge is 2.22. The van der Waals surface area contributed by atoms with Crippen molar-refractivity contribution in [3.63, 3.8) is 0 Å². The lowest BCUT2D eigenvalue weighted by Gasteiger charge is -2.12. The van der Waals surface area contributed by atoms with E-state index >= 15 is 0 Å². The molecule has 1 aromatic carbocycles. The maximum atomic E-state index is 13.6. The van der Waals surface area contributed by atoms with Crippen LogP contribution in [0.2, 0.25) is 0 Å². The Labute approximate surface area is 86.8 Å². The van der Waals surface area contributed by atoms with Crippen LogP contribution in [0.3, 0.4) is 0 Å². The van der Waals surface area contributed by atoms with Crippen LogP contribution in [0.4, 0.5) is 10.1 Å². The summed E-state index contributed by atoms with van der Waals surface area (Å²) in [5.74, 6) is -1.47. The van der Waals surface area contributed by atoms with Crippen LogP contribution in [0.25, 0.3) is 0 Å². The number of esters is 1. The zero-order chi connectivity index (χ0) is 11.6. The number of carbonyl (C=O) groups excluding carboxylic acids is 1. The second kappa shape index (κ2) is 4.16. The Balaban J connectivity index is 3.50. The summed E-state index contributed by atoms with van der Waals surface area (Å²) in [6.07, 6.45) is 0. The van der Waals surface area contributed by atoms with Crippen molar-refractivity contribution in [2.75, 3.05) is 20.0 Å². The summed E-state index contributed by atoms with van der Waals surface area (Å²) in [7, 11) is 2.52. The fourth-order valence-electron chi connectivity index (χ4n) is 1.35. The number of nitrogen functional groups attached to an aromatic ring is 1. The van der Waals surface area contributed by atoms with E-state index in [2.05, 4.69) is 4.74 Å². The second-order valence-electron chi connectivity index (χ2n) is 3.00. The zero-order valence-electron chi connectivity index (χ0n) is 8.76. The molecule has 0 aliphatic heterocycles. The largest absolute Gasteiger partial charge is 0.495 e. The minimum atomic E-state index is -0.815.